The summed E-state index contributed by atoms with van der Waals surface area (Å²) in [5.41, 5.74) is 1.49. The van der Waals surface area contributed by atoms with E-state index in [0.717, 1.165) is 11.8 Å². The Morgan fingerprint density at radius 1 is 1.29 bits per heavy atom. The first kappa shape index (κ1) is 13.5. The number of hydrogen-bond acceptors (Lipinski definition) is 4. The maximum atomic E-state index is 11.0. The minimum absolute atomic E-state index is 0.305. The second-order valence-corrected chi connectivity index (χ2v) is 5.41. The lowest BCUT2D eigenvalue weighted by molar-refractivity contribution is -0.140. The van der Waals surface area contributed by atoms with Crippen molar-refractivity contribution in [2.75, 3.05) is 17.6 Å². The highest BCUT2D eigenvalue weighted by Gasteiger charge is 2.01. The van der Waals surface area contributed by atoms with E-state index in [1.54, 1.807) is 24.3 Å². The van der Waals surface area contributed by atoms with Gasteiger partial charge in [-0.1, -0.05) is 12.1 Å². The van der Waals surface area contributed by atoms with Gasteiger partial charge >= 0.3 is 5.97 Å². The molecular weight excluding hydrogens is 242 g/mol. The molecule has 1 rings (SSSR count). The summed E-state index contributed by atoms with van der Waals surface area (Å²) in [6, 6.07) is 6.92. The summed E-state index contributed by atoms with van der Waals surface area (Å²) in [4.78, 5) is 10.5. The molecule has 0 saturated heterocycles. The molecule has 0 aliphatic carbocycles. The first-order chi connectivity index (χ1) is 7.87. The Kier molecular flexibility index (Phi) is 4.51. The lowest BCUT2D eigenvalue weighted by Gasteiger charge is -2.05. The van der Waals surface area contributed by atoms with Crippen LogP contribution in [0.3, 0.4) is 0 Å². The molecule has 0 heterocycles. The van der Waals surface area contributed by atoms with E-state index in [9.17, 15) is 13.2 Å². The van der Waals surface area contributed by atoms with E-state index in [1.807, 2.05) is 0 Å². The molecular formula is C11H15NO4S. The standard InChI is InChI=1S/C11H15NO4S/c1-9(13)16-8-7-10-3-5-11(6-4-10)12-17(2,14)15/h3-6,12H,7-8H2,1-2H3. The minimum Gasteiger partial charge on any atom is -0.466 e. The molecule has 5 nitrogen and oxygen atoms in total. The van der Waals surface area contributed by atoms with Gasteiger partial charge in [0.15, 0.2) is 0 Å². The van der Waals surface area contributed by atoms with Crippen LogP contribution >= 0.6 is 0 Å². The van der Waals surface area contributed by atoms with Crippen molar-refractivity contribution in [2.45, 2.75) is 13.3 Å². The van der Waals surface area contributed by atoms with Gasteiger partial charge in [0.2, 0.25) is 10.0 Å². The summed E-state index contributed by atoms with van der Waals surface area (Å²) in [5.74, 6) is -0.305. The number of sulfonamides is 1. The Balaban J connectivity index is 2.53. The fourth-order valence-corrected chi connectivity index (χ4v) is 1.83. The third-order valence-electron chi connectivity index (χ3n) is 1.95. The number of carbonyl (C=O) groups is 1. The number of esters is 1. The molecule has 0 aliphatic rings. The van der Waals surface area contributed by atoms with Crippen LogP contribution in [0.25, 0.3) is 0 Å². The molecule has 0 amide bonds. The van der Waals surface area contributed by atoms with Crippen molar-refractivity contribution in [1.29, 1.82) is 0 Å². The molecule has 17 heavy (non-hydrogen) atoms. The number of anilines is 1. The molecule has 94 valence electrons. The van der Waals surface area contributed by atoms with Gasteiger partial charge < -0.3 is 4.74 Å². The van der Waals surface area contributed by atoms with E-state index in [2.05, 4.69) is 4.72 Å². The van der Waals surface area contributed by atoms with Gasteiger partial charge in [-0.25, -0.2) is 8.42 Å². The highest BCUT2D eigenvalue weighted by Crippen LogP contribution is 2.11. The third kappa shape index (κ3) is 5.91. The monoisotopic (exact) mass is 257 g/mol. The summed E-state index contributed by atoms with van der Waals surface area (Å²) in [6.07, 6.45) is 1.71. The normalized spacial score (nSPS) is 10.9. The first-order valence-electron chi connectivity index (χ1n) is 5.07. The molecule has 1 aromatic carbocycles. The zero-order chi connectivity index (χ0) is 12.9. The van der Waals surface area contributed by atoms with Crippen molar-refractivity contribution in [3.05, 3.63) is 29.8 Å². The summed E-state index contributed by atoms with van der Waals surface area (Å²) in [5, 5.41) is 0. The quantitative estimate of drug-likeness (QED) is 0.803. The average molecular weight is 257 g/mol. The summed E-state index contributed by atoms with van der Waals surface area (Å²) < 4.78 is 29.1. The molecule has 0 aromatic heterocycles. The zero-order valence-corrected chi connectivity index (χ0v) is 10.6. The largest absolute Gasteiger partial charge is 0.466 e. The molecule has 0 saturated carbocycles. The Labute approximate surface area is 101 Å². The Morgan fingerprint density at radius 3 is 2.35 bits per heavy atom. The van der Waals surface area contributed by atoms with E-state index >= 15 is 0 Å². The molecule has 0 aliphatic heterocycles. The fourth-order valence-electron chi connectivity index (χ4n) is 1.27. The molecule has 0 fully saturated rings. The predicted octanol–water partition coefficient (Wildman–Crippen LogP) is 1.16. The maximum absolute atomic E-state index is 11.0. The number of ether oxygens (including phenoxy) is 1. The van der Waals surface area contributed by atoms with Gasteiger partial charge in [-0.05, 0) is 17.7 Å². The predicted molar refractivity (Wildman–Crippen MR) is 65.2 cm³/mol. The molecule has 0 atom stereocenters. The molecule has 0 radical (unpaired) electrons. The molecule has 1 aromatic rings. The number of hydrogen-bond donors (Lipinski definition) is 1. The van der Waals surface area contributed by atoms with Crippen LogP contribution in [0.1, 0.15) is 12.5 Å². The van der Waals surface area contributed by atoms with Crippen LogP contribution in [-0.4, -0.2) is 27.2 Å². The van der Waals surface area contributed by atoms with Gasteiger partial charge in [0, 0.05) is 19.0 Å². The van der Waals surface area contributed by atoms with Crippen molar-refractivity contribution in [3.63, 3.8) is 0 Å². The van der Waals surface area contributed by atoms with Crippen LogP contribution in [0.2, 0.25) is 0 Å². The molecule has 6 heteroatoms. The van der Waals surface area contributed by atoms with Crippen LogP contribution < -0.4 is 4.72 Å². The van der Waals surface area contributed by atoms with Crippen molar-refractivity contribution in [3.8, 4) is 0 Å². The summed E-state index contributed by atoms with van der Waals surface area (Å²) >= 11 is 0. The second-order valence-electron chi connectivity index (χ2n) is 3.66. The van der Waals surface area contributed by atoms with Gasteiger partial charge in [-0.3, -0.25) is 9.52 Å². The topological polar surface area (TPSA) is 72.5 Å². The number of nitrogens with one attached hydrogen (secondary N) is 1. The van der Waals surface area contributed by atoms with Gasteiger partial charge in [0.1, 0.15) is 0 Å². The molecule has 1 N–H and O–H groups in total. The number of rotatable bonds is 5. The van der Waals surface area contributed by atoms with Crippen molar-refractivity contribution >= 4 is 21.7 Å². The number of benzene rings is 1. The maximum Gasteiger partial charge on any atom is 0.302 e. The molecule has 0 bridgehead atoms. The van der Waals surface area contributed by atoms with E-state index in [-0.39, 0.29) is 5.97 Å². The number of carbonyl (C=O) groups excluding carboxylic acids is 1. The Bertz CT molecular complexity index is 479. The smallest absolute Gasteiger partial charge is 0.302 e. The first-order valence-corrected chi connectivity index (χ1v) is 6.96. The van der Waals surface area contributed by atoms with Crippen LogP contribution in [0.15, 0.2) is 24.3 Å². The molecule has 0 spiro atoms. The van der Waals surface area contributed by atoms with E-state index in [1.165, 1.54) is 6.92 Å². The average Bonchev–Trinajstić information content (AvgIpc) is 2.18. The highest BCUT2D eigenvalue weighted by atomic mass is 32.2. The second kappa shape index (κ2) is 5.67. The van der Waals surface area contributed by atoms with Crippen LogP contribution in [0.4, 0.5) is 5.69 Å². The summed E-state index contributed by atoms with van der Waals surface area (Å²) in [7, 11) is -3.24. The third-order valence-corrected chi connectivity index (χ3v) is 2.56. The lowest BCUT2D eigenvalue weighted by Crippen LogP contribution is -2.09. The van der Waals surface area contributed by atoms with Gasteiger partial charge in [-0.2, -0.15) is 0 Å². The minimum atomic E-state index is -3.24. The van der Waals surface area contributed by atoms with Gasteiger partial charge in [-0.15, -0.1) is 0 Å². The Hall–Kier alpha value is -1.56. The van der Waals surface area contributed by atoms with Crippen LogP contribution in [0, 0.1) is 0 Å². The SMILES string of the molecule is CC(=O)OCCc1ccc(NS(C)(=O)=O)cc1. The van der Waals surface area contributed by atoms with Crippen molar-refractivity contribution in [2.24, 2.45) is 0 Å². The van der Waals surface area contributed by atoms with Crippen LogP contribution in [0.5, 0.6) is 0 Å². The van der Waals surface area contributed by atoms with Crippen molar-refractivity contribution < 1.29 is 17.9 Å². The van der Waals surface area contributed by atoms with E-state index in [4.69, 9.17) is 4.74 Å². The highest BCUT2D eigenvalue weighted by molar-refractivity contribution is 7.92. The lowest BCUT2D eigenvalue weighted by atomic mass is 10.1. The fraction of sp³-hybridized carbons (Fsp3) is 0.364. The van der Waals surface area contributed by atoms with E-state index in [0.29, 0.717) is 18.7 Å². The Morgan fingerprint density at radius 2 is 1.88 bits per heavy atom. The van der Waals surface area contributed by atoms with Gasteiger partial charge in [0.25, 0.3) is 0 Å². The van der Waals surface area contributed by atoms with E-state index < -0.39 is 10.0 Å². The van der Waals surface area contributed by atoms with Crippen molar-refractivity contribution in [1.82, 2.24) is 0 Å². The molecule has 0 unspecified atom stereocenters. The van der Waals surface area contributed by atoms with Gasteiger partial charge in [0.05, 0.1) is 12.9 Å². The van der Waals surface area contributed by atoms with Crippen LogP contribution in [-0.2, 0) is 26.0 Å². The summed E-state index contributed by atoms with van der Waals surface area (Å²) in [6.45, 7) is 1.69. The zero-order valence-electron chi connectivity index (χ0n) is 9.76.